The maximum atomic E-state index is 12.5. The number of esters is 1. The van der Waals surface area contributed by atoms with Gasteiger partial charge in [0.05, 0.1) is 11.9 Å². The summed E-state index contributed by atoms with van der Waals surface area (Å²) < 4.78 is 6.83. The van der Waals surface area contributed by atoms with Gasteiger partial charge < -0.3 is 9.64 Å². The lowest BCUT2D eigenvalue weighted by Gasteiger charge is -2.26. The van der Waals surface area contributed by atoms with Crippen molar-refractivity contribution in [1.82, 2.24) is 19.7 Å². The molecule has 0 atom stereocenters. The highest BCUT2D eigenvalue weighted by Crippen LogP contribution is 2.13. The number of carbonyl (C=O) groups excluding carboxylic acids is 2. The number of aromatic nitrogens is 3. The molecule has 0 radical (unpaired) electrons. The fraction of sp³-hybridized carbons (Fsp3) is 0.500. The number of rotatable bonds is 8. The van der Waals surface area contributed by atoms with Crippen LogP contribution in [0.4, 0.5) is 0 Å². The van der Waals surface area contributed by atoms with E-state index in [1.807, 2.05) is 12.1 Å². The van der Waals surface area contributed by atoms with Crippen LogP contribution in [0.3, 0.4) is 0 Å². The molecule has 7 nitrogen and oxygen atoms in total. The fourth-order valence-corrected chi connectivity index (χ4v) is 2.78. The third kappa shape index (κ3) is 5.64. The Balaban J connectivity index is 2.03. The van der Waals surface area contributed by atoms with Crippen LogP contribution < -0.4 is 0 Å². The molecular formula is C20H28N4O3. The molecule has 7 heteroatoms. The van der Waals surface area contributed by atoms with Crippen molar-refractivity contribution in [2.75, 3.05) is 19.7 Å². The maximum Gasteiger partial charge on any atom is 0.342 e. The molecule has 0 aliphatic rings. The second kappa shape index (κ2) is 9.30. The number of pyridine rings is 1. The summed E-state index contributed by atoms with van der Waals surface area (Å²) in [6.07, 6.45) is 3.10. The Morgan fingerprint density at radius 3 is 2.37 bits per heavy atom. The van der Waals surface area contributed by atoms with Crippen molar-refractivity contribution in [3.63, 3.8) is 0 Å². The van der Waals surface area contributed by atoms with E-state index in [1.54, 1.807) is 28.8 Å². The minimum atomic E-state index is -0.558. The number of hydrogen-bond donors (Lipinski definition) is 0. The van der Waals surface area contributed by atoms with Gasteiger partial charge in [-0.3, -0.25) is 4.79 Å². The van der Waals surface area contributed by atoms with Gasteiger partial charge in [0.2, 0.25) is 0 Å². The van der Waals surface area contributed by atoms with Crippen molar-refractivity contribution in [2.45, 2.75) is 34.6 Å². The van der Waals surface area contributed by atoms with Gasteiger partial charge in [-0.05, 0) is 30.9 Å². The van der Waals surface area contributed by atoms with Crippen LogP contribution in [0.15, 0.2) is 30.6 Å². The molecular weight excluding hydrogens is 344 g/mol. The van der Waals surface area contributed by atoms with E-state index in [9.17, 15) is 9.59 Å². The van der Waals surface area contributed by atoms with Gasteiger partial charge in [0, 0.05) is 19.3 Å². The first-order valence-corrected chi connectivity index (χ1v) is 9.20. The molecule has 27 heavy (non-hydrogen) atoms. The van der Waals surface area contributed by atoms with E-state index in [-0.39, 0.29) is 12.5 Å². The summed E-state index contributed by atoms with van der Waals surface area (Å²) in [6.45, 7) is 11.0. The number of hydrogen-bond acceptors (Lipinski definition) is 5. The zero-order valence-electron chi connectivity index (χ0n) is 16.7. The van der Waals surface area contributed by atoms with Gasteiger partial charge in [-0.15, -0.1) is 0 Å². The van der Waals surface area contributed by atoms with E-state index >= 15 is 0 Å². The van der Waals surface area contributed by atoms with Crippen LogP contribution in [-0.2, 0) is 9.53 Å². The average molecular weight is 372 g/mol. The van der Waals surface area contributed by atoms with Crippen LogP contribution in [0.2, 0.25) is 0 Å². The molecule has 0 aromatic carbocycles. The first-order valence-electron chi connectivity index (χ1n) is 9.20. The largest absolute Gasteiger partial charge is 0.452 e. The van der Waals surface area contributed by atoms with Crippen molar-refractivity contribution in [2.24, 2.45) is 11.8 Å². The Labute approximate surface area is 160 Å². The Kier molecular flexibility index (Phi) is 7.10. The lowest BCUT2D eigenvalue weighted by Crippen LogP contribution is -2.39. The molecule has 0 aliphatic heterocycles. The topological polar surface area (TPSA) is 77.3 Å². The minimum Gasteiger partial charge on any atom is -0.452 e. The van der Waals surface area contributed by atoms with Crippen LogP contribution in [0.5, 0.6) is 0 Å². The van der Waals surface area contributed by atoms with E-state index in [0.29, 0.717) is 42.0 Å². The summed E-state index contributed by atoms with van der Waals surface area (Å²) in [5, 5.41) is 4.21. The lowest BCUT2D eigenvalue weighted by molar-refractivity contribution is -0.135. The Hall–Kier alpha value is -2.70. The Morgan fingerprint density at radius 1 is 1.15 bits per heavy atom. The van der Waals surface area contributed by atoms with E-state index in [1.165, 1.54) is 6.20 Å². The zero-order chi connectivity index (χ0) is 20.0. The fourth-order valence-electron chi connectivity index (χ4n) is 2.78. The van der Waals surface area contributed by atoms with Crippen LogP contribution in [-0.4, -0.2) is 51.2 Å². The third-order valence-corrected chi connectivity index (χ3v) is 3.95. The van der Waals surface area contributed by atoms with E-state index in [2.05, 4.69) is 37.8 Å². The Morgan fingerprint density at radius 2 is 1.81 bits per heavy atom. The highest BCUT2D eigenvalue weighted by molar-refractivity contribution is 5.92. The molecule has 0 saturated heterocycles. The molecule has 2 rings (SSSR count). The zero-order valence-corrected chi connectivity index (χ0v) is 16.7. The summed E-state index contributed by atoms with van der Waals surface area (Å²) in [7, 11) is 0. The molecule has 0 fully saturated rings. The van der Waals surface area contributed by atoms with Crippen molar-refractivity contribution >= 4 is 11.9 Å². The first-order chi connectivity index (χ1) is 12.8. The third-order valence-electron chi connectivity index (χ3n) is 3.95. The van der Waals surface area contributed by atoms with Crippen molar-refractivity contribution in [3.05, 3.63) is 41.9 Å². The standard InChI is InChI=1S/C20H28N4O3/c1-14(2)11-23(12-15(3)4)19(25)13-27-20(26)17-10-22-24(16(17)5)18-8-6-7-9-21-18/h6-10,14-15H,11-13H2,1-5H3. The van der Waals surface area contributed by atoms with Crippen molar-refractivity contribution in [1.29, 1.82) is 0 Å². The number of ether oxygens (including phenoxy) is 1. The van der Waals surface area contributed by atoms with Crippen LogP contribution in [0.25, 0.3) is 5.82 Å². The van der Waals surface area contributed by atoms with Crippen molar-refractivity contribution < 1.29 is 14.3 Å². The molecule has 2 aromatic rings. The highest BCUT2D eigenvalue weighted by atomic mass is 16.5. The smallest absolute Gasteiger partial charge is 0.342 e. The highest BCUT2D eigenvalue weighted by Gasteiger charge is 2.21. The predicted molar refractivity (Wildman–Crippen MR) is 103 cm³/mol. The minimum absolute atomic E-state index is 0.180. The molecule has 1 amide bonds. The summed E-state index contributed by atoms with van der Waals surface area (Å²) in [4.78, 5) is 30.9. The molecule has 2 heterocycles. The quantitative estimate of drug-likeness (QED) is 0.666. The Bertz CT molecular complexity index is 759. The second-order valence-corrected chi connectivity index (χ2v) is 7.41. The molecule has 0 bridgehead atoms. The average Bonchev–Trinajstić information content (AvgIpc) is 3.00. The molecule has 0 spiro atoms. The van der Waals surface area contributed by atoms with Gasteiger partial charge >= 0.3 is 5.97 Å². The van der Waals surface area contributed by atoms with E-state index < -0.39 is 5.97 Å². The first kappa shape index (κ1) is 20.6. The maximum absolute atomic E-state index is 12.5. The summed E-state index contributed by atoms with van der Waals surface area (Å²) >= 11 is 0. The number of nitrogens with zero attached hydrogens (tertiary/aromatic N) is 4. The number of amides is 1. The molecule has 146 valence electrons. The van der Waals surface area contributed by atoms with Gasteiger partial charge in [-0.2, -0.15) is 5.10 Å². The van der Waals surface area contributed by atoms with Gasteiger partial charge in [-0.1, -0.05) is 33.8 Å². The van der Waals surface area contributed by atoms with Gasteiger partial charge in [0.1, 0.15) is 5.56 Å². The van der Waals surface area contributed by atoms with Crippen molar-refractivity contribution in [3.8, 4) is 5.82 Å². The van der Waals surface area contributed by atoms with E-state index in [4.69, 9.17) is 4.74 Å². The SMILES string of the molecule is Cc1c(C(=O)OCC(=O)N(CC(C)C)CC(C)C)cnn1-c1ccccn1. The summed E-state index contributed by atoms with van der Waals surface area (Å²) in [5.74, 6) is 0.576. The molecule has 0 unspecified atom stereocenters. The van der Waals surface area contributed by atoms with Crippen LogP contribution >= 0.6 is 0 Å². The molecule has 2 aromatic heterocycles. The number of carbonyl (C=O) groups is 2. The molecule has 0 N–H and O–H groups in total. The van der Waals surface area contributed by atoms with Gasteiger partial charge in [-0.25, -0.2) is 14.5 Å². The van der Waals surface area contributed by atoms with Crippen LogP contribution in [0, 0.1) is 18.8 Å². The summed E-state index contributed by atoms with van der Waals surface area (Å²) in [5.41, 5.74) is 0.945. The summed E-state index contributed by atoms with van der Waals surface area (Å²) in [6, 6.07) is 5.45. The van der Waals surface area contributed by atoms with E-state index in [0.717, 1.165) is 0 Å². The lowest BCUT2D eigenvalue weighted by atomic mass is 10.1. The predicted octanol–water partition coefficient (Wildman–Crippen LogP) is 2.87. The van der Waals surface area contributed by atoms with Gasteiger partial charge in [0.15, 0.2) is 12.4 Å². The van der Waals surface area contributed by atoms with Crippen LogP contribution in [0.1, 0.15) is 43.7 Å². The van der Waals surface area contributed by atoms with Gasteiger partial charge in [0.25, 0.3) is 5.91 Å². The molecule has 0 saturated carbocycles. The monoisotopic (exact) mass is 372 g/mol. The second-order valence-electron chi connectivity index (χ2n) is 7.41. The molecule has 0 aliphatic carbocycles. The normalized spacial score (nSPS) is 11.1.